The second-order valence-electron chi connectivity index (χ2n) is 7.01. The summed E-state index contributed by atoms with van der Waals surface area (Å²) in [4.78, 5) is 19.1. The maximum Gasteiger partial charge on any atom is 0.503 e. The van der Waals surface area contributed by atoms with Crippen molar-refractivity contribution in [1.29, 1.82) is 0 Å². The van der Waals surface area contributed by atoms with Gasteiger partial charge >= 0.3 is 6.16 Å². The highest BCUT2D eigenvalue weighted by Gasteiger charge is 2.20. The molecular weight excluding hydrogens is 475 g/mol. The molecule has 1 aliphatic rings. The number of carbonyl (C=O) groups is 1. The first-order chi connectivity index (χ1) is 15.6. The average molecular weight is 493 g/mol. The van der Waals surface area contributed by atoms with Crippen LogP contribution in [-0.4, -0.2) is 26.4 Å². The zero-order valence-corrected chi connectivity index (χ0v) is 18.4. The Bertz CT molecular complexity index is 1200. The van der Waals surface area contributed by atoms with E-state index < -0.39 is 17.2 Å². The van der Waals surface area contributed by atoms with Gasteiger partial charge in [-0.05, 0) is 54.3 Å². The van der Waals surface area contributed by atoms with E-state index >= 15 is 0 Å². The summed E-state index contributed by atoms with van der Waals surface area (Å²) in [5.41, 5.74) is 3.09. The molecule has 1 atom stereocenters. The first-order valence-corrected chi connectivity index (χ1v) is 10.3. The Kier molecular flexibility index (Phi) is 7.59. The summed E-state index contributed by atoms with van der Waals surface area (Å²) in [6.07, 6.45) is -1.41. The highest BCUT2D eigenvalue weighted by molar-refractivity contribution is 6.42. The summed E-state index contributed by atoms with van der Waals surface area (Å²) < 4.78 is 5.87. The van der Waals surface area contributed by atoms with Gasteiger partial charge in [0.05, 0.1) is 38.5 Å². The van der Waals surface area contributed by atoms with Gasteiger partial charge in [-0.1, -0.05) is 35.3 Å². The van der Waals surface area contributed by atoms with E-state index in [1.165, 1.54) is 12.1 Å². The van der Waals surface area contributed by atoms with Gasteiger partial charge in [0.25, 0.3) is 5.69 Å². The molecule has 11 heteroatoms. The normalized spacial score (nSPS) is 12.1. The van der Waals surface area contributed by atoms with E-state index in [9.17, 15) is 15.2 Å². The molecule has 9 nitrogen and oxygen atoms in total. The number of hydrogen-bond donors (Lipinski definition) is 4. The molecule has 0 radical (unpaired) electrons. The van der Waals surface area contributed by atoms with Crippen molar-refractivity contribution in [3.63, 3.8) is 0 Å². The summed E-state index contributed by atoms with van der Waals surface area (Å²) in [5, 5.41) is 39.4. The standard InChI is InChI=1S/C21H16Cl2N2O4.CH2O3/c22-15-5-3-13(10-16(15)23)19(26)8-2-12-1-6-17-20(9-12)29-21-11-14(25(27)28)4-7-18(21)24-17;2-1(3)4/h1,3-7,9-11,19,24,26H,2,8H2;(H2,2,3,4). The summed E-state index contributed by atoms with van der Waals surface area (Å²) in [7, 11) is 0. The van der Waals surface area contributed by atoms with E-state index in [2.05, 4.69) is 5.32 Å². The molecule has 172 valence electrons. The number of carboxylic acid groups (broad SMARTS) is 2. The number of benzene rings is 3. The Morgan fingerprint density at radius 3 is 2.27 bits per heavy atom. The number of nitro benzene ring substituents is 1. The number of non-ortho nitro benzene ring substituents is 1. The van der Waals surface area contributed by atoms with Gasteiger partial charge in [0.15, 0.2) is 11.5 Å². The molecule has 0 aromatic heterocycles. The first kappa shape index (κ1) is 24.1. The van der Waals surface area contributed by atoms with Crippen molar-refractivity contribution in [2.45, 2.75) is 18.9 Å². The van der Waals surface area contributed by atoms with Crippen LogP contribution in [0.1, 0.15) is 23.7 Å². The van der Waals surface area contributed by atoms with Crippen LogP contribution in [0.2, 0.25) is 10.0 Å². The van der Waals surface area contributed by atoms with Gasteiger partial charge in [0, 0.05) is 6.07 Å². The van der Waals surface area contributed by atoms with E-state index in [4.69, 9.17) is 42.9 Å². The van der Waals surface area contributed by atoms with Crippen molar-refractivity contribution >= 4 is 46.4 Å². The van der Waals surface area contributed by atoms with Gasteiger partial charge in [-0.25, -0.2) is 4.79 Å². The summed E-state index contributed by atoms with van der Waals surface area (Å²) in [6, 6.07) is 15.2. The molecule has 3 aromatic carbocycles. The van der Waals surface area contributed by atoms with Crippen molar-refractivity contribution in [2.75, 3.05) is 5.32 Å². The minimum Gasteiger partial charge on any atom is -0.453 e. The number of anilines is 2. The number of aliphatic hydroxyl groups excluding tert-OH is 1. The highest BCUT2D eigenvalue weighted by atomic mass is 35.5. The first-order valence-electron chi connectivity index (χ1n) is 9.55. The lowest BCUT2D eigenvalue weighted by atomic mass is 10.0. The summed E-state index contributed by atoms with van der Waals surface area (Å²) in [5.74, 6) is 0.985. The molecule has 0 bridgehead atoms. The minimum absolute atomic E-state index is 0.0325. The SMILES string of the molecule is O=C(O)O.O=[N+]([O-])c1ccc2c(c1)Oc1cc(CCC(O)c3ccc(Cl)c(Cl)c3)ccc1N2. The molecule has 3 aromatic rings. The van der Waals surface area contributed by atoms with E-state index in [0.29, 0.717) is 45.6 Å². The monoisotopic (exact) mass is 492 g/mol. The minimum atomic E-state index is -1.83. The second-order valence-corrected chi connectivity index (χ2v) is 7.82. The van der Waals surface area contributed by atoms with E-state index in [0.717, 1.165) is 11.3 Å². The average Bonchev–Trinajstić information content (AvgIpc) is 2.76. The third kappa shape index (κ3) is 6.26. The topological polar surface area (TPSA) is 142 Å². The zero-order chi connectivity index (χ0) is 24.1. The molecule has 1 heterocycles. The van der Waals surface area contributed by atoms with Gasteiger partial charge in [-0.2, -0.15) is 0 Å². The van der Waals surface area contributed by atoms with Crippen molar-refractivity contribution in [3.05, 3.63) is 85.9 Å². The number of nitrogens with one attached hydrogen (secondary N) is 1. The van der Waals surface area contributed by atoms with Crippen molar-refractivity contribution in [2.24, 2.45) is 0 Å². The van der Waals surface area contributed by atoms with Crippen LogP contribution in [0.3, 0.4) is 0 Å². The molecule has 33 heavy (non-hydrogen) atoms. The van der Waals surface area contributed by atoms with E-state index in [-0.39, 0.29) is 5.69 Å². The van der Waals surface area contributed by atoms with Crippen LogP contribution >= 0.6 is 23.2 Å². The molecule has 1 unspecified atom stereocenters. The summed E-state index contributed by atoms with van der Waals surface area (Å²) >= 11 is 11.9. The van der Waals surface area contributed by atoms with Gasteiger partial charge < -0.3 is 25.4 Å². The van der Waals surface area contributed by atoms with Crippen molar-refractivity contribution in [1.82, 2.24) is 0 Å². The Labute approximate surface area is 197 Å². The van der Waals surface area contributed by atoms with E-state index in [1.54, 1.807) is 24.3 Å². The quantitative estimate of drug-likeness (QED) is 0.179. The van der Waals surface area contributed by atoms with Gasteiger partial charge in [0.1, 0.15) is 0 Å². The fraction of sp³-hybridized carbons (Fsp3) is 0.136. The third-order valence-corrected chi connectivity index (χ3v) is 5.49. The predicted octanol–water partition coefficient (Wildman–Crippen LogP) is 6.64. The maximum absolute atomic E-state index is 11.0. The van der Waals surface area contributed by atoms with Gasteiger partial charge in [0.2, 0.25) is 0 Å². The van der Waals surface area contributed by atoms with E-state index in [1.807, 2.05) is 18.2 Å². The van der Waals surface area contributed by atoms with Crippen LogP contribution in [0.25, 0.3) is 0 Å². The third-order valence-electron chi connectivity index (χ3n) is 4.75. The Hall–Kier alpha value is -3.53. The number of ether oxygens (including phenoxy) is 1. The fourth-order valence-electron chi connectivity index (χ4n) is 3.18. The van der Waals surface area contributed by atoms with Crippen LogP contribution in [0.15, 0.2) is 54.6 Å². The van der Waals surface area contributed by atoms with Crippen LogP contribution in [0.4, 0.5) is 21.9 Å². The molecule has 0 amide bonds. The number of aryl methyl sites for hydroxylation is 1. The number of fused-ring (bicyclic) bond motifs is 2. The lowest BCUT2D eigenvalue weighted by molar-refractivity contribution is -0.384. The predicted molar refractivity (Wildman–Crippen MR) is 123 cm³/mol. The molecule has 0 aliphatic carbocycles. The Balaban J connectivity index is 0.000000709. The summed E-state index contributed by atoms with van der Waals surface area (Å²) in [6.45, 7) is 0. The Morgan fingerprint density at radius 2 is 1.64 bits per heavy atom. The molecule has 4 rings (SSSR count). The smallest absolute Gasteiger partial charge is 0.453 e. The number of aliphatic hydroxyl groups is 1. The molecule has 1 aliphatic heterocycles. The number of nitrogens with zero attached hydrogens (tertiary/aromatic N) is 1. The highest BCUT2D eigenvalue weighted by Crippen LogP contribution is 2.43. The zero-order valence-electron chi connectivity index (χ0n) is 16.9. The largest absolute Gasteiger partial charge is 0.503 e. The number of rotatable bonds is 5. The molecular formula is C22H18Cl2N2O7. The van der Waals surface area contributed by atoms with Crippen molar-refractivity contribution in [3.8, 4) is 11.5 Å². The van der Waals surface area contributed by atoms with Crippen LogP contribution in [0.5, 0.6) is 11.5 Å². The van der Waals surface area contributed by atoms with Crippen LogP contribution < -0.4 is 10.1 Å². The fourth-order valence-corrected chi connectivity index (χ4v) is 3.48. The number of halogens is 2. The lowest BCUT2D eigenvalue weighted by Crippen LogP contribution is -2.05. The van der Waals surface area contributed by atoms with Crippen LogP contribution in [0, 0.1) is 10.1 Å². The second kappa shape index (κ2) is 10.4. The molecule has 0 saturated carbocycles. The number of hydrogen-bond acceptors (Lipinski definition) is 6. The van der Waals surface area contributed by atoms with Gasteiger partial charge in [-0.15, -0.1) is 0 Å². The molecule has 0 fully saturated rings. The molecule has 0 saturated heterocycles. The Morgan fingerprint density at radius 1 is 1.00 bits per heavy atom. The van der Waals surface area contributed by atoms with Crippen LogP contribution in [-0.2, 0) is 6.42 Å². The number of nitro groups is 1. The molecule has 0 spiro atoms. The van der Waals surface area contributed by atoms with Gasteiger partial charge in [-0.3, -0.25) is 10.1 Å². The molecule has 4 N–H and O–H groups in total. The lowest BCUT2D eigenvalue weighted by Gasteiger charge is -2.22. The maximum atomic E-state index is 11.0. The van der Waals surface area contributed by atoms with Crippen molar-refractivity contribution < 1.29 is 29.8 Å².